The molecule has 5 aromatic rings. The van der Waals surface area contributed by atoms with Crippen molar-refractivity contribution in [3.63, 3.8) is 0 Å². The van der Waals surface area contributed by atoms with E-state index in [0.717, 1.165) is 21.9 Å². The highest BCUT2D eigenvalue weighted by molar-refractivity contribution is 5.90. The first-order valence-corrected chi connectivity index (χ1v) is 13.5. The molecule has 8 nitrogen and oxygen atoms in total. The van der Waals surface area contributed by atoms with Crippen LogP contribution in [0, 0.1) is 11.8 Å². The summed E-state index contributed by atoms with van der Waals surface area (Å²) in [5.41, 5.74) is 3.17. The van der Waals surface area contributed by atoms with Crippen molar-refractivity contribution < 1.29 is 28.9 Å². The molecule has 8 heteroatoms. The number of aliphatic carboxylic acids is 1. The van der Waals surface area contributed by atoms with Crippen LogP contribution in [0.4, 0.5) is 0 Å². The molecule has 1 aliphatic carbocycles. The van der Waals surface area contributed by atoms with Gasteiger partial charge in [-0.3, -0.25) is 9.59 Å². The lowest BCUT2D eigenvalue weighted by molar-refractivity contribution is -0.158. The second-order valence-electron chi connectivity index (χ2n) is 10.2. The van der Waals surface area contributed by atoms with Crippen LogP contribution in [0.15, 0.2) is 104 Å². The highest BCUT2D eigenvalue weighted by atomic mass is 16.5. The number of rotatable bonds is 8. The van der Waals surface area contributed by atoms with E-state index in [4.69, 9.17) is 14.2 Å². The molecule has 0 radical (unpaired) electrons. The second-order valence-corrected chi connectivity index (χ2v) is 10.2. The van der Waals surface area contributed by atoms with Crippen LogP contribution in [-0.2, 0) is 9.59 Å². The van der Waals surface area contributed by atoms with Crippen molar-refractivity contribution >= 4 is 22.7 Å². The average Bonchev–Trinajstić information content (AvgIpc) is 3.01. The minimum atomic E-state index is -1.00. The van der Waals surface area contributed by atoms with Crippen LogP contribution in [0.3, 0.4) is 0 Å². The molecular weight excluding hydrogens is 532 g/mol. The number of aromatic nitrogens is 2. The van der Waals surface area contributed by atoms with E-state index in [-0.39, 0.29) is 0 Å². The van der Waals surface area contributed by atoms with Gasteiger partial charge in [-0.2, -0.15) is 0 Å². The lowest BCUT2D eigenvalue weighted by Crippen LogP contribution is -2.52. The Balaban J connectivity index is 1.37. The Morgan fingerprint density at radius 3 is 1.86 bits per heavy atom. The van der Waals surface area contributed by atoms with Crippen LogP contribution in [0.25, 0.3) is 21.9 Å². The molecule has 1 fully saturated rings. The van der Waals surface area contributed by atoms with Crippen molar-refractivity contribution in [2.45, 2.75) is 11.8 Å². The number of methoxy groups -OCH3 is 2. The van der Waals surface area contributed by atoms with Crippen LogP contribution in [0.5, 0.6) is 17.2 Å². The van der Waals surface area contributed by atoms with E-state index in [9.17, 15) is 14.7 Å². The van der Waals surface area contributed by atoms with E-state index in [1.807, 2.05) is 66.7 Å². The van der Waals surface area contributed by atoms with Crippen LogP contribution in [0.2, 0.25) is 0 Å². The van der Waals surface area contributed by atoms with Crippen LogP contribution < -0.4 is 14.2 Å². The molecule has 1 aromatic heterocycles. The van der Waals surface area contributed by atoms with Gasteiger partial charge in [0.05, 0.1) is 26.1 Å². The number of carbonyl (C=O) groups excluding carboxylic acids is 1. The zero-order valence-corrected chi connectivity index (χ0v) is 23.0. The number of carboxylic acids is 1. The Labute approximate surface area is 242 Å². The van der Waals surface area contributed by atoms with Crippen molar-refractivity contribution in [1.29, 1.82) is 0 Å². The third kappa shape index (κ3) is 4.81. The Kier molecular flexibility index (Phi) is 7.27. The zero-order valence-electron chi connectivity index (χ0n) is 23.0. The number of hydrogen-bond donors (Lipinski definition) is 1. The number of carbonyl (C=O) groups is 2. The summed E-state index contributed by atoms with van der Waals surface area (Å²) in [5, 5.41) is 12.2. The summed E-state index contributed by atoms with van der Waals surface area (Å²) >= 11 is 0. The maximum absolute atomic E-state index is 14.0. The summed E-state index contributed by atoms with van der Waals surface area (Å²) in [4.78, 5) is 34.9. The maximum atomic E-state index is 14.0. The third-order valence-corrected chi connectivity index (χ3v) is 8.03. The lowest BCUT2D eigenvalue weighted by Gasteiger charge is -2.49. The Morgan fingerprint density at radius 1 is 0.690 bits per heavy atom. The van der Waals surface area contributed by atoms with Crippen LogP contribution in [-0.4, -0.2) is 41.2 Å². The van der Waals surface area contributed by atoms with Crippen molar-refractivity contribution in [2.75, 3.05) is 14.2 Å². The molecule has 6 rings (SSSR count). The highest BCUT2D eigenvalue weighted by Crippen LogP contribution is 2.60. The van der Waals surface area contributed by atoms with Gasteiger partial charge in [0, 0.05) is 29.8 Å². The largest absolute Gasteiger partial charge is 0.496 e. The first-order chi connectivity index (χ1) is 20.5. The topological polar surface area (TPSA) is 108 Å². The minimum absolute atomic E-state index is 0.375. The molecule has 0 amide bonds. The minimum Gasteiger partial charge on any atom is -0.496 e. The smallest absolute Gasteiger partial charge is 0.315 e. The van der Waals surface area contributed by atoms with Gasteiger partial charge in [0.25, 0.3) is 0 Å². The number of fused-ring (bicyclic) bond motifs is 1. The number of carboxylic acid groups (broad SMARTS) is 1. The van der Waals surface area contributed by atoms with Crippen molar-refractivity contribution in [3.8, 4) is 28.4 Å². The van der Waals surface area contributed by atoms with Gasteiger partial charge in [-0.05, 0) is 57.8 Å². The fourth-order valence-electron chi connectivity index (χ4n) is 6.11. The number of hydrogen-bond acceptors (Lipinski definition) is 7. The van der Waals surface area contributed by atoms with E-state index in [2.05, 4.69) is 9.97 Å². The number of para-hydroxylation sites is 2. The van der Waals surface area contributed by atoms with Crippen molar-refractivity contribution in [2.24, 2.45) is 11.8 Å². The number of esters is 1. The Hall–Kier alpha value is -5.24. The predicted molar refractivity (Wildman–Crippen MR) is 157 cm³/mol. The molecule has 210 valence electrons. The monoisotopic (exact) mass is 560 g/mol. The van der Waals surface area contributed by atoms with Gasteiger partial charge >= 0.3 is 11.9 Å². The molecule has 42 heavy (non-hydrogen) atoms. The van der Waals surface area contributed by atoms with Crippen molar-refractivity contribution in [1.82, 2.24) is 9.97 Å². The SMILES string of the molecule is COc1ccccc1[C@@H]1[C@H](C(=O)O)[C@@H](c2ccccc2OC)[C@H]1C(=O)Oc1ccc2cc(-c3cncnc3)ccc2c1. The molecular formula is C34H28N2O6. The van der Waals surface area contributed by atoms with Gasteiger partial charge in [-0.25, -0.2) is 9.97 Å². The zero-order chi connectivity index (χ0) is 29.2. The average molecular weight is 561 g/mol. The fourth-order valence-corrected chi connectivity index (χ4v) is 6.11. The van der Waals surface area contributed by atoms with E-state index >= 15 is 0 Å². The molecule has 4 aromatic carbocycles. The summed E-state index contributed by atoms with van der Waals surface area (Å²) < 4.78 is 17.1. The molecule has 0 saturated heterocycles. The molecule has 1 saturated carbocycles. The summed E-state index contributed by atoms with van der Waals surface area (Å²) in [5.74, 6) is -3.13. The Morgan fingerprint density at radius 2 is 1.26 bits per heavy atom. The van der Waals surface area contributed by atoms with Gasteiger partial charge in [-0.1, -0.05) is 54.6 Å². The van der Waals surface area contributed by atoms with E-state index in [0.29, 0.717) is 28.4 Å². The summed E-state index contributed by atoms with van der Waals surface area (Å²) in [6.45, 7) is 0. The third-order valence-electron chi connectivity index (χ3n) is 8.03. The van der Waals surface area contributed by atoms with Crippen molar-refractivity contribution in [3.05, 3.63) is 115 Å². The normalized spacial score (nSPS) is 19.5. The standard InChI is InChI=1S/C34H28N2O6/c1-40-27-9-5-3-7-25(27)29-31(33(37)38)30(26-8-4-6-10-28(26)41-2)32(29)34(39)42-24-14-13-20-15-21(11-12-22(20)16-24)23-17-35-19-36-18-23/h3-19,29-32H,1-2H3,(H,37,38)/t29-,30-,31-,32-/m1/s1. The first kappa shape index (κ1) is 27.0. The molecule has 0 aliphatic heterocycles. The van der Waals surface area contributed by atoms with E-state index < -0.39 is 35.6 Å². The first-order valence-electron chi connectivity index (χ1n) is 13.5. The molecule has 0 spiro atoms. The van der Waals surface area contributed by atoms with E-state index in [1.54, 1.807) is 30.6 Å². The second kappa shape index (κ2) is 11.3. The number of ether oxygens (including phenoxy) is 3. The molecule has 1 N–H and O–H groups in total. The molecule has 1 aliphatic rings. The highest BCUT2D eigenvalue weighted by Gasteiger charge is 2.60. The fraction of sp³-hybridized carbons (Fsp3) is 0.176. The Bertz CT molecular complexity index is 1720. The van der Waals surface area contributed by atoms with E-state index in [1.165, 1.54) is 20.5 Å². The van der Waals surface area contributed by atoms with Gasteiger partial charge in [0.2, 0.25) is 0 Å². The van der Waals surface area contributed by atoms with Crippen LogP contribution in [0.1, 0.15) is 23.0 Å². The predicted octanol–water partition coefficient (Wildman–Crippen LogP) is 6.12. The molecule has 0 bridgehead atoms. The van der Waals surface area contributed by atoms with Gasteiger partial charge in [0.1, 0.15) is 23.6 Å². The van der Waals surface area contributed by atoms with Gasteiger partial charge in [0.15, 0.2) is 0 Å². The maximum Gasteiger partial charge on any atom is 0.315 e. The molecule has 0 unspecified atom stereocenters. The number of nitrogens with zero attached hydrogens (tertiary/aromatic N) is 2. The van der Waals surface area contributed by atoms with Gasteiger partial charge in [-0.15, -0.1) is 0 Å². The van der Waals surface area contributed by atoms with Crippen LogP contribution >= 0.6 is 0 Å². The summed E-state index contributed by atoms with van der Waals surface area (Å²) in [6.07, 6.45) is 5.00. The number of benzene rings is 4. The lowest BCUT2D eigenvalue weighted by atomic mass is 9.52. The molecule has 2 atom stereocenters. The molecule has 1 heterocycles. The summed E-state index contributed by atoms with van der Waals surface area (Å²) in [7, 11) is 3.06. The summed E-state index contributed by atoms with van der Waals surface area (Å²) in [6, 6.07) is 25.8. The van der Waals surface area contributed by atoms with Gasteiger partial charge < -0.3 is 19.3 Å². The quantitative estimate of drug-likeness (QED) is 0.179.